The maximum absolute atomic E-state index is 12.4. The molecule has 0 aromatic carbocycles. The molecule has 0 spiro atoms. The first-order valence-electron chi connectivity index (χ1n) is 5.65. The van der Waals surface area contributed by atoms with Crippen LogP contribution in [0.4, 0.5) is 0 Å². The second-order valence-electron chi connectivity index (χ2n) is 4.40. The Kier molecular flexibility index (Phi) is 4.77. The molecule has 1 aliphatic heterocycles. The van der Waals surface area contributed by atoms with Gasteiger partial charge in [-0.3, -0.25) is 5.10 Å². The molecule has 0 bridgehead atoms. The van der Waals surface area contributed by atoms with Gasteiger partial charge in [-0.2, -0.15) is 9.40 Å². The van der Waals surface area contributed by atoms with E-state index >= 15 is 0 Å². The smallest absolute Gasteiger partial charge is 0.246 e. The van der Waals surface area contributed by atoms with Crippen LogP contribution in [0.15, 0.2) is 4.90 Å². The van der Waals surface area contributed by atoms with Crippen LogP contribution in [0.2, 0.25) is 0 Å². The van der Waals surface area contributed by atoms with Crippen molar-refractivity contribution in [1.82, 2.24) is 19.8 Å². The fraction of sp³-hybridized carbons (Fsp3) is 0.700. The Balaban J connectivity index is 0.00000162. The van der Waals surface area contributed by atoms with Gasteiger partial charge in [-0.1, -0.05) is 0 Å². The minimum atomic E-state index is -3.40. The van der Waals surface area contributed by atoms with Gasteiger partial charge in [0.25, 0.3) is 0 Å². The number of nitrogens with zero attached hydrogens (tertiary/aromatic N) is 2. The van der Waals surface area contributed by atoms with Gasteiger partial charge in [0, 0.05) is 19.1 Å². The number of likely N-dealkylation sites (N-methyl/N-ethyl adjacent to an activating group) is 1. The first-order valence-corrected chi connectivity index (χ1v) is 7.09. The molecule has 8 heteroatoms. The molecule has 0 radical (unpaired) electrons. The number of nitrogens with one attached hydrogen (secondary N) is 2. The van der Waals surface area contributed by atoms with E-state index in [4.69, 9.17) is 0 Å². The van der Waals surface area contributed by atoms with E-state index in [-0.39, 0.29) is 18.4 Å². The summed E-state index contributed by atoms with van der Waals surface area (Å²) in [5.74, 6) is 0. The van der Waals surface area contributed by atoms with Crippen molar-refractivity contribution in [1.29, 1.82) is 0 Å². The zero-order valence-corrected chi connectivity index (χ0v) is 12.4. The third-order valence-corrected chi connectivity index (χ3v) is 5.35. The number of aromatic nitrogens is 2. The zero-order chi connectivity index (χ0) is 12.6. The van der Waals surface area contributed by atoms with Gasteiger partial charge >= 0.3 is 0 Å². The minimum Gasteiger partial charge on any atom is -0.316 e. The van der Waals surface area contributed by atoms with E-state index in [1.165, 1.54) is 4.31 Å². The van der Waals surface area contributed by atoms with E-state index in [1.807, 2.05) is 7.05 Å². The zero-order valence-electron chi connectivity index (χ0n) is 10.7. The van der Waals surface area contributed by atoms with Crippen LogP contribution in [-0.4, -0.2) is 49.1 Å². The summed E-state index contributed by atoms with van der Waals surface area (Å²) < 4.78 is 26.4. The van der Waals surface area contributed by atoms with Crippen LogP contribution in [0.1, 0.15) is 17.8 Å². The Morgan fingerprint density at radius 2 is 2.11 bits per heavy atom. The fourth-order valence-electron chi connectivity index (χ4n) is 2.23. The van der Waals surface area contributed by atoms with Crippen molar-refractivity contribution in [2.75, 3.05) is 20.1 Å². The molecule has 1 saturated heterocycles. The number of halogens is 1. The maximum atomic E-state index is 12.4. The summed E-state index contributed by atoms with van der Waals surface area (Å²) in [5.41, 5.74) is 1.14. The lowest BCUT2D eigenvalue weighted by Crippen LogP contribution is -2.33. The molecule has 2 heterocycles. The Hall–Kier alpha value is -0.630. The van der Waals surface area contributed by atoms with Crippen LogP contribution in [0.25, 0.3) is 0 Å². The van der Waals surface area contributed by atoms with Crippen molar-refractivity contribution in [3.05, 3.63) is 11.4 Å². The van der Waals surface area contributed by atoms with Crippen LogP contribution in [0.5, 0.6) is 0 Å². The monoisotopic (exact) mass is 294 g/mol. The highest BCUT2D eigenvalue weighted by molar-refractivity contribution is 7.89. The summed E-state index contributed by atoms with van der Waals surface area (Å²) in [7, 11) is -1.54. The average Bonchev–Trinajstić information content (AvgIpc) is 2.85. The molecule has 0 aliphatic carbocycles. The van der Waals surface area contributed by atoms with Crippen molar-refractivity contribution in [3.63, 3.8) is 0 Å². The summed E-state index contributed by atoms with van der Waals surface area (Å²) >= 11 is 0. The molecule has 1 unspecified atom stereocenters. The van der Waals surface area contributed by atoms with Gasteiger partial charge < -0.3 is 5.32 Å². The number of sulfonamides is 1. The molecule has 104 valence electrons. The molecule has 0 saturated carbocycles. The summed E-state index contributed by atoms with van der Waals surface area (Å²) in [5, 5.41) is 9.78. The molecule has 1 aromatic rings. The normalized spacial score (nSPS) is 20.9. The number of H-pyrrole nitrogens is 1. The standard InChI is InChI=1S/C10H18N4O2S.ClH/c1-7-10(8(2)13-12-7)17(15,16)14-5-4-9(6-14)11-3;/h9,11H,4-6H2,1-3H3,(H,12,13);1H. The van der Waals surface area contributed by atoms with E-state index in [9.17, 15) is 8.42 Å². The molecule has 1 atom stereocenters. The SMILES string of the molecule is CNC1CCN(S(=O)(=O)c2c(C)n[nH]c2C)C1.Cl. The molecular weight excluding hydrogens is 276 g/mol. The number of rotatable bonds is 3. The van der Waals surface area contributed by atoms with E-state index in [0.717, 1.165) is 6.42 Å². The van der Waals surface area contributed by atoms with Gasteiger partial charge in [-0.15, -0.1) is 12.4 Å². The first-order chi connectivity index (χ1) is 7.96. The summed E-state index contributed by atoms with van der Waals surface area (Å²) in [6.45, 7) is 4.54. The van der Waals surface area contributed by atoms with Gasteiger partial charge in [0.2, 0.25) is 10.0 Å². The number of hydrogen-bond donors (Lipinski definition) is 2. The largest absolute Gasteiger partial charge is 0.316 e. The van der Waals surface area contributed by atoms with E-state index < -0.39 is 10.0 Å². The van der Waals surface area contributed by atoms with Crippen molar-refractivity contribution in [2.45, 2.75) is 31.2 Å². The highest BCUT2D eigenvalue weighted by Crippen LogP contribution is 2.24. The van der Waals surface area contributed by atoms with Crippen molar-refractivity contribution in [3.8, 4) is 0 Å². The molecule has 1 aliphatic rings. The second kappa shape index (κ2) is 5.56. The molecule has 1 aromatic heterocycles. The van der Waals surface area contributed by atoms with Crippen LogP contribution in [0, 0.1) is 13.8 Å². The van der Waals surface area contributed by atoms with Crippen LogP contribution in [-0.2, 0) is 10.0 Å². The lowest BCUT2D eigenvalue weighted by Gasteiger charge is -2.16. The second-order valence-corrected chi connectivity index (χ2v) is 6.28. The molecule has 2 N–H and O–H groups in total. The van der Waals surface area contributed by atoms with Crippen LogP contribution in [0.3, 0.4) is 0 Å². The highest BCUT2D eigenvalue weighted by atomic mass is 35.5. The predicted molar refractivity (Wildman–Crippen MR) is 71.5 cm³/mol. The Labute approximate surface area is 114 Å². The topological polar surface area (TPSA) is 78.1 Å². The maximum Gasteiger partial charge on any atom is 0.246 e. The predicted octanol–water partition coefficient (Wildman–Crippen LogP) is 0.431. The van der Waals surface area contributed by atoms with Gasteiger partial charge in [0.05, 0.1) is 11.4 Å². The molecule has 6 nitrogen and oxygen atoms in total. The van der Waals surface area contributed by atoms with Crippen LogP contribution < -0.4 is 5.32 Å². The van der Waals surface area contributed by atoms with Crippen molar-refractivity contribution in [2.24, 2.45) is 0 Å². The molecule has 0 amide bonds. The van der Waals surface area contributed by atoms with Gasteiger partial charge in [-0.05, 0) is 27.3 Å². The Morgan fingerprint density at radius 1 is 1.44 bits per heavy atom. The molecule has 18 heavy (non-hydrogen) atoms. The first kappa shape index (κ1) is 15.4. The fourth-order valence-corrected chi connectivity index (χ4v) is 4.06. The number of aryl methyl sites for hydroxylation is 2. The molecular formula is C10H19ClN4O2S. The van der Waals surface area contributed by atoms with E-state index in [1.54, 1.807) is 13.8 Å². The molecule has 1 fully saturated rings. The lowest BCUT2D eigenvalue weighted by molar-refractivity contribution is 0.464. The highest BCUT2D eigenvalue weighted by Gasteiger charge is 2.34. The summed E-state index contributed by atoms with van der Waals surface area (Å²) in [4.78, 5) is 0.328. The van der Waals surface area contributed by atoms with Crippen molar-refractivity contribution < 1.29 is 8.42 Å². The summed E-state index contributed by atoms with van der Waals surface area (Å²) in [6.07, 6.45) is 0.853. The van der Waals surface area contributed by atoms with Crippen molar-refractivity contribution >= 4 is 22.4 Å². The van der Waals surface area contributed by atoms with E-state index in [0.29, 0.717) is 29.4 Å². The third kappa shape index (κ3) is 2.54. The van der Waals surface area contributed by atoms with Crippen LogP contribution >= 0.6 is 12.4 Å². The lowest BCUT2D eigenvalue weighted by atomic mass is 10.3. The van der Waals surface area contributed by atoms with Gasteiger partial charge in [0.1, 0.15) is 4.90 Å². The average molecular weight is 295 g/mol. The third-order valence-electron chi connectivity index (χ3n) is 3.22. The summed E-state index contributed by atoms with van der Waals surface area (Å²) in [6, 6.07) is 0.247. The number of aromatic amines is 1. The minimum absolute atomic E-state index is 0. The Bertz CT molecular complexity index is 494. The Morgan fingerprint density at radius 3 is 2.56 bits per heavy atom. The quantitative estimate of drug-likeness (QED) is 0.847. The van der Waals surface area contributed by atoms with Gasteiger partial charge in [0.15, 0.2) is 0 Å². The van der Waals surface area contributed by atoms with Gasteiger partial charge in [-0.25, -0.2) is 8.42 Å². The molecule has 2 rings (SSSR count). The van der Waals surface area contributed by atoms with E-state index in [2.05, 4.69) is 15.5 Å². The number of hydrogen-bond acceptors (Lipinski definition) is 4.